The summed E-state index contributed by atoms with van der Waals surface area (Å²) in [5.74, 6) is 0.885. The lowest BCUT2D eigenvalue weighted by Gasteiger charge is -2.30. The smallest absolute Gasteiger partial charge is 0.0740 e. The quantitative estimate of drug-likeness (QED) is 0.688. The highest BCUT2D eigenvalue weighted by Crippen LogP contribution is 2.26. The number of aryl methyl sites for hydroxylation is 1. The van der Waals surface area contributed by atoms with Crippen molar-refractivity contribution in [2.24, 2.45) is 5.92 Å². The summed E-state index contributed by atoms with van der Waals surface area (Å²) in [6, 6.07) is 13.1. The first-order valence-corrected chi connectivity index (χ1v) is 9.22. The number of hydrogen-bond acceptors (Lipinski definition) is 3. The van der Waals surface area contributed by atoms with Crippen LogP contribution in [0.5, 0.6) is 0 Å². The predicted octanol–water partition coefficient (Wildman–Crippen LogP) is 4.84. The van der Waals surface area contributed by atoms with Crippen LogP contribution in [0.25, 0.3) is 22.2 Å². The Bertz CT molecular complexity index is 862. The minimum absolute atomic E-state index is 0.885. The molecule has 0 bridgehead atoms. The third-order valence-electron chi connectivity index (χ3n) is 5.32. The molecule has 1 aliphatic heterocycles. The molecule has 0 radical (unpaired) electrons. The zero-order valence-corrected chi connectivity index (χ0v) is 15.1. The molecule has 25 heavy (non-hydrogen) atoms. The summed E-state index contributed by atoms with van der Waals surface area (Å²) < 4.78 is 0. The Hall–Kier alpha value is -2.26. The van der Waals surface area contributed by atoms with Gasteiger partial charge in [0.25, 0.3) is 0 Å². The summed E-state index contributed by atoms with van der Waals surface area (Å²) in [4.78, 5) is 11.6. The second-order valence-electron chi connectivity index (χ2n) is 7.38. The van der Waals surface area contributed by atoms with Crippen LogP contribution >= 0.6 is 0 Å². The summed E-state index contributed by atoms with van der Waals surface area (Å²) >= 11 is 0. The first kappa shape index (κ1) is 16.2. The molecule has 0 spiro atoms. The summed E-state index contributed by atoms with van der Waals surface area (Å²) in [6.45, 7) is 7.99. The van der Waals surface area contributed by atoms with Crippen LogP contribution in [0, 0.1) is 12.8 Å². The van der Waals surface area contributed by atoms with Crippen LogP contribution in [0.1, 0.15) is 30.9 Å². The van der Waals surface area contributed by atoms with Crippen molar-refractivity contribution in [2.45, 2.75) is 33.2 Å². The number of rotatable bonds is 3. The van der Waals surface area contributed by atoms with Crippen LogP contribution < -0.4 is 0 Å². The van der Waals surface area contributed by atoms with E-state index in [0.717, 1.165) is 29.1 Å². The van der Waals surface area contributed by atoms with Gasteiger partial charge in [0.1, 0.15) is 0 Å². The first-order chi connectivity index (χ1) is 12.2. The molecule has 128 valence electrons. The average molecular weight is 331 g/mol. The van der Waals surface area contributed by atoms with Gasteiger partial charge in [0.2, 0.25) is 0 Å². The lowest BCUT2D eigenvalue weighted by atomic mass is 9.98. The fourth-order valence-corrected chi connectivity index (χ4v) is 3.66. The molecule has 4 rings (SSSR count). The minimum atomic E-state index is 0.885. The summed E-state index contributed by atoms with van der Waals surface area (Å²) in [5.41, 5.74) is 5.84. The summed E-state index contributed by atoms with van der Waals surface area (Å²) in [7, 11) is 0. The highest BCUT2D eigenvalue weighted by atomic mass is 15.1. The maximum atomic E-state index is 4.85. The molecule has 0 unspecified atom stereocenters. The largest absolute Gasteiger partial charge is 0.299 e. The molecule has 3 aromatic rings. The van der Waals surface area contributed by atoms with Crippen LogP contribution in [0.2, 0.25) is 0 Å². The topological polar surface area (TPSA) is 29.0 Å². The van der Waals surface area contributed by atoms with Gasteiger partial charge in [0, 0.05) is 29.9 Å². The Kier molecular flexibility index (Phi) is 4.50. The normalized spacial score (nSPS) is 16.4. The van der Waals surface area contributed by atoms with E-state index in [4.69, 9.17) is 4.98 Å². The fraction of sp³-hybridized carbons (Fsp3) is 0.364. The van der Waals surface area contributed by atoms with Crippen LogP contribution in [0.4, 0.5) is 0 Å². The van der Waals surface area contributed by atoms with Gasteiger partial charge in [-0.15, -0.1) is 0 Å². The Morgan fingerprint density at radius 2 is 1.84 bits per heavy atom. The van der Waals surface area contributed by atoms with Crippen molar-refractivity contribution in [2.75, 3.05) is 13.1 Å². The van der Waals surface area contributed by atoms with Crippen LogP contribution in [0.15, 0.2) is 48.8 Å². The van der Waals surface area contributed by atoms with Gasteiger partial charge in [-0.1, -0.05) is 31.2 Å². The lowest BCUT2D eigenvalue weighted by molar-refractivity contribution is 0.185. The molecule has 0 saturated carbocycles. The van der Waals surface area contributed by atoms with E-state index in [1.807, 2.05) is 12.3 Å². The second kappa shape index (κ2) is 6.93. The van der Waals surface area contributed by atoms with Crippen molar-refractivity contribution < 1.29 is 0 Å². The zero-order valence-electron chi connectivity index (χ0n) is 15.1. The molecule has 0 amide bonds. The van der Waals surface area contributed by atoms with Crippen molar-refractivity contribution in [3.63, 3.8) is 0 Å². The molecule has 0 aliphatic carbocycles. The van der Waals surface area contributed by atoms with E-state index in [0.29, 0.717) is 0 Å². The lowest BCUT2D eigenvalue weighted by Crippen LogP contribution is -2.32. The Morgan fingerprint density at radius 3 is 2.60 bits per heavy atom. The maximum Gasteiger partial charge on any atom is 0.0740 e. The van der Waals surface area contributed by atoms with Crippen LogP contribution in [0.3, 0.4) is 0 Å². The van der Waals surface area contributed by atoms with Gasteiger partial charge < -0.3 is 0 Å². The standard InChI is InChI=1S/C22H25N3/c1-16-8-11-25(12-9-16)15-18-3-5-19(6-4-18)22-17(2)13-20-14-23-10-7-21(20)24-22/h3-7,10,13-14,16H,8-9,11-12,15H2,1-2H3. The van der Waals surface area contributed by atoms with Gasteiger partial charge in [-0.25, -0.2) is 4.98 Å². The number of benzene rings is 1. The van der Waals surface area contributed by atoms with Crippen molar-refractivity contribution in [1.29, 1.82) is 0 Å². The van der Waals surface area contributed by atoms with Gasteiger partial charge >= 0.3 is 0 Å². The SMILES string of the molecule is Cc1cc2cnccc2nc1-c1ccc(CN2CCC(C)CC2)cc1. The maximum absolute atomic E-state index is 4.85. The number of likely N-dealkylation sites (tertiary alicyclic amines) is 1. The molecule has 0 atom stereocenters. The third kappa shape index (κ3) is 3.57. The Morgan fingerprint density at radius 1 is 1.08 bits per heavy atom. The van der Waals surface area contributed by atoms with E-state index >= 15 is 0 Å². The minimum Gasteiger partial charge on any atom is -0.299 e. The fourth-order valence-electron chi connectivity index (χ4n) is 3.66. The van der Waals surface area contributed by atoms with Crippen molar-refractivity contribution in [1.82, 2.24) is 14.9 Å². The van der Waals surface area contributed by atoms with Crippen molar-refractivity contribution >= 4 is 10.9 Å². The van der Waals surface area contributed by atoms with E-state index in [2.05, 4.69) is 54.1 Å². The number of pyridine rings is 2. The zero-order chi connectivity index (χ0) is 17.2. The van der Waals surface area contributed by atoms with Crippen molar-refractivity contribution in [3.05, 3.63) is 59.9 Å². The molecule has 1 aliphatic rings. The molecule has 1 aromatic carbocycles. The van der Waals surface area contributed by atoms with E-state index in [1.165, 1.54) is 42.6 Å². The summed E-state index contributed by atoms with van der Waals surface area (Å²) in [5, 5.41) is 1.10. The highest BCUT2D eigenvalue weighted by Gasteiger charge is 2.15. The molecule has 3 heteroatoms. The third-order valence-corrected chi connectivity index (χ3v) is 5.32. The molecule has 1 saturated heterocycles. The predicted molar refractivity (Wildman–Crippen MR) is 103 cm³/mol. The van der Waals surface area contributed by atoms with E-state index in [1.54, 1.807) is 6.20 Å². The molecular weight excluding hydrogens is 306 g/mol. The molecule has 0 N–H and O–H groups in total. The Labute approximate surface area is 149 Å². The average Bonchev–Trinajstić information content (AvgIpc) is 2.64. The van der Waals surface area contributed by atoms with Crippen LogP contribution in [-0.2, 0) is 6.54 Å². The summed E-state index contributed by atoms with van der Waals surface area (Å²) in [6.07, 6.45) is 6.33. The van der Waals surface area contributed by atoms with Gasteiger partial charge in [-0.05, 0) is 62.0 Å². The van der Waals surface area contributed by atoms with E-state index in [-0.39, 0.29) is 0 Å². The van der Waals surface area contributed by atoms with Crippen molar-refractivity contribution in [3.8, 4) is 11.3 Å². The number of fused-ring (bicyclic) bond motifs is 1. The van der Waals surface area contributed by atoms with Gasteiger partial charge in [-0.3, -0.25) is 9.88 Å². The second-order valence-corrected chi connectivity index (χ2v) is 7.38. The monoisotopic (exact) mass is 331 g/mol. The Balaban J connectivity index is 1.55. The van der Waals surface area contributed by atoms with E-state index < -0.39 is 0 Å². The first-order valence-electron chi connectivity index (χ1n) is 9.22. The van der Waals surface area contributed by atoms with Gasteiger partial charge in [-0.2, -0.15) is 0 Å². The molecule has 3 nitrogen and oxygen atoms in total. The highest BCUT2D eigenvalue weighted by molar-refractivity contribution is 5.82. The molecule has 1 fully saturated rings. The number of aromatic nitrogens is 2. The molecule has 3 heterocycles. The number of nitrogens with zero attached hydrogens (tertiary/aromatic N) is 3. The number of piperidine rings is 1. The van der Waals surface area contributed by atoms with Gasteiger partial charge in [0.15, 0.2) is 0 Å². The van der Waals surface area contributed by atoms with Crippen LogP contribution in [-0.4, -0.2) is 28.0 Å². The molecular formula is C22H25N3. The molecule has 2 aromatic heterocycles. The number of hydrogen-bond donors (Lipinski definition) is 0. The van der Waals surface area contributed by atoms with E-state index in [9.17, 15) is 0 Å². The van der Waals surface area contributed by atoms with Gasteiger partial charge in [0.05, 0.1) is 11.2 Å².